The fraction of sp³-hybridized carbons (Fsp3) is 0.250. The molecule has 0 atom stereocenters. The summed E-state index contributed by atoms with van der Waals surface area (Å²) in [5.41, 5.74) is 0.984. The van der Waals surface area contributed by atoms with E-state index in [9.17, 15) is 0 Å². The normalized spacial score (nSPS) is 9.64. The van der Waals surface area contributed by atoms with Crippen molar-refractivity contribution in [3.05, 3.63) is 30.3 Å². The minimum Gasteiger partial charge on any atom is -0.404 e. The van der Waals surface area contributed by atoms with E-state index < -0.39 is 0 Å². The third kappa shape index (κ3) is 2.07. The van der Waals surface area contributed by atoms with E-state index in [1.54, 1.807) is 0 Å². The molecule has 0 saturated carbocycles. The lowest BCUT2D eigenvalue weighted by Gasteiger charge is -2.05. The predicted octanol–water partition coefficient (Wildman–Crippen LogP) is -0.549. The van der Waals surface area contributed by atoms with E-state index in [1.807, 2.05) is 30.3 Å². The molecule has 0 unspecified atom stereocenters. The largest absolute Gasteiger partial charge is 0.404 e. The van der Waals surface area contributed by atoms with Crippen molar-refractivity contribution in [2.24, 2.45) is 0 Å². The highest BCUT2D eigenvalue weighted by atomic mass is 16.3. The Morgan fingerprint density at radius 2 is 1.55 bits per heavy atom. The number of aliphatic hydroxyl groups excluding tert-OH is 2. The number of benzene rings is 1. The molecule has 2 N–H and O–H groups in total. The van der Waals surface area contributed by atoms with E-state index in [-0.39, 0.29) is 19.7 Å². The lowest BCUT2D eigenvalue weighted by atomic mass is 9.46. The van der Waals surface area contributed by atoms with Crippen LogP contribution in [-0.2, 0) is 0 Å². The molecule has 11 heavy (non-hydrogen) atoms. The second-order valence-electron chi connectivity index (χ2n) is 2.47. The molecular formula is C8H11BO2. The quantitative estimate of drug-likeness (QED) is 0.567. The van der Waals surface area contributed by atoms with Crippen LogP contribution < -0.4 is 5.46 Å². The van der Waals surface area contributed by atoms with Crippen molar-refractivity contribution >= 4 is 12.2 Å². The summed E-state index contributed by atoms with van der Waals surface area (Å²) >= 11 is 0. The zero-order valence-electron chi connectivity index (χ0n) is 6.27. The van der Waals surface area contributed by atoms with Crippen LogP contribution in [0.15, 0.2) is 30.3 Å². The summed E-state index contributed by atoms with van der Waals surface area (Å²) in [6.07, 6.45) is 0. The van der Waals surface area contributed by atoms with Gasteiger partial charge in [-0.05, 0) is 0 Å². The monoisotopic (exact) mass is 150 g/mol. The smallest absolute Gasteiger partial charge is 0.233 e. The number of hydrogen-bond acceptors (Lipinski definition) is 2. The van der Waals surface area contributed by atoms with Gasteiger partial charge in [0.15, 0.2) is 0 Å². The Balaban J connectivity index is 2.74. The van der Waals surface area contributed by atoms with Crippen molar-refractivity contribution < 1.29 is 10.2 Å². The molecule has 58 valence electrons. The van der Waals surface area contributed by atoms with Gasteiger partial charge in [0.25, 0.3) is 0 Å². The molecule has 0 spiro atoms. The Bertz CT molecular complexity index is 197. The van der Waals surface area contributed by atoms with Crippen LogP contribution in [0.4, 0.5) is 0 Å². The molecule has 0 fully saturated rings. The highest BCUT2D eigenvalue weighted by Crippen LogP contribution is 1.86. The van der Waals surface area contributed by atoms with E-state index in [4.69, 9.17) is 10.2 Å². The molecule has 0 radical (unpaired) electrons. The van der Waals surface area contributed by atoms with Gasteiger partial charge in [0.05, 0.1) is 0 Å². The molecule has 0 saturated heterocycles. The van der Waals surface area contributed by atoms with E-state index in [0.29, 0.717) is 0 Å². The van der Waals surface area contributed by atoms with E-state index >= 15 is 0 Å². The van der Waals surface area contributed by atoms with Crippen LogP contribution in [0.25, 0.3) is 0 Å². The fourth-order valence-electron chi connectivity index (χ4n) is 0.994. The topological polar surface area (TPSA) is 40.5 Å². The van der Waals surface area contributed by atoms with Crippen molar-refractivity contribution in [2.45, 2.75) is 0 Å². The summed E-state index contributed by atoms with van der Waals surface area (Å²) in [4.78, 5) is 0. The maximum Gasteiger partial charge on any atom is 0.233 e. The Morgan fingerprint density at radius 3 is 2.00 bits per heavy atom. The summed E-state index contributed by atoms with van der Waals surface area (Å²) in [5, 5.41) is 17.6. The van der Waals surface area contributed by atoms with Crippen molar-refractivity contribution in [1.29, 1.82) is 0 Å². The Labute approximate surface area is 66.6 Å². The van der Waals surface area contributed by atoms with Gasteiger partial charge in [-0.3, -0.25) is 0 Å². The molecule has 0 aromatic heterocycles. The van der Waals surface area contributed by atoms with Crippen LogP contribution in [-0.4, -0.2) is 29.9 Å². The van der Waals surface area contributed by atoms with Crippen LogP contribution in [0, 0.1) is 0 Å². The van der Waals surface area contributed by atoms with Crippen LogP contribution in [0.5, 0.6) is 0 Å². The van der Waals surface area contributed by atoms with E-state index in [0.717, 1.165) is 5.46 Å². The Hall–Kier alpha value is -0.795. The van der Waals surface area contributed by atoms with Crippen molar-refractivity contribution in [2.75, 3.05) is 13.0 Å². The molecule has 1 aromatic rings. The molecule has 0 aliphatic carbocycles. The van der Waals surface area contributed by atoms with Gasteiger partial charge in [-0.2, -0.15) is 0 Å². The molecule has 0 aliphatic heterocycles. The van der Waals surface area contributed by atoms with Crippen LogP contribution >= 0.6 is 0 Å². The van der Waals surface area contributed by atoms with Gasteiger partial charge in [0, 0.05) is 13.0 Å². The molecule has 0 heterocycles. The number of rotatable bonds is 3. The van der Waals surface area contributed by atoms with Gasteiger partial charge in [0.1, 0.15) is 0 Å². The zero-order chi connectivity index (χ0) is 8.10. The fourth-order valence-corrected chi connectivity index (χ4v) is 0.994. The van der Waals surface area contributed by atoms with Gasteiger partial charge in [-0.1, -0.05) is 35.8 Å². The first-order chi connectivity index (χ1) is 5.38. The van der Waals surface area contributed by atoms with Gasteiger partial charge >= 0.3 is 0 Å². The van der Waals surface area contributed by atoms with Gasteiger partial charge in [0.2, 0.25) is 6.71 Å². The second kappa shape index (κ2) is 4.16. The zero-order valence-corrected chi connectivity index (χ0v) is 6.27. The van der Waals surface area contributed by atoms with E-state index in [1.165, 1.54) is 0 Å². The lowest BCUT2D eigenvalue weighted by molar-refractivity contribution is 0.332. The van der Waals surface area contributed by atoms with Gasteiger partial charge in [-0.15, -0.1) is 0 Å². The molecule has 0 bridgehead atoms. The highest BCUT2D eigenvalue weighted by molar-refractivity contribution is 6.72. The van der Waals surface area contributed by atoms with Crippen LogP contribution in [0.3, 0.4) is 0 Å². The summed E-state index contributed by atoms with van der Waals surface area (Å²) in [6, 6.07) is 9.50. The van der Waals surface area contributed by atoms with Crippen LogP contribution in [0.2, 0.25) is 0 Å². The molecule has 2 nitrogen and oxygen atoms in total. The Kier molecular flexibility index (Phi) is 3.14. The number of hydrogen-bond donors (Lipinski definition) is 2. The SMILES string of the molecule is OCB(CO)c1ccccc1. The first-order valence-electron chi connectivity index (χ1n) is 3.65. The average Bonchev–Trinajstić information content (AvgIpc) is 2.09. The maximum atomic E-state index is 8.82. The standard InChI is InChI=1S/C8H11BO2/c10-6-9(7-11)8-4-2-1-3-5-8/h1-5,10-11H,6-7H2. The van der Waals surface area contributed by atoms with Gasteiger partial charge < -0.3 is 10.2 Å². The Morgan fingerprint density at radius 1 is 1.00 bits per heavy atom. The molecule has 1 aromatic carbocycles. The first kappa shape index (κ1) is 8.30. The third-order valence-corrected chi connectivity index (χ3v) is 1.71. The first-order valence-corrected chi connectivity index (χ1v) is 3.65. The second-order valence-corrected chi connectivity index (χ2v) is 2.47. The number of aliphatic hydroxyl groups is 2. The predicted molar refractivity (Wildman–Crippen MR) is 46.0 cm³/mol. The van der Waals surface area contributed by atoms with Gasteiger partial charge in [-0.25, -0.2) is 0 Å². The van der Waals surface area contributed by atoms with Crippen molar-refractivity contribution in [3.8, 4) is 0 Å². The minimum atomic E-state index is -0.129. The summed E-state index contributed by atoms with van der Waals surface area (Å²) in [5.74, 6) is 0. The molecular weight excluding hydrogens is 139 g/mol. The minimum absolute atomic E-state index is 0.000509. The third-order valence-electron chi connectivity index (χ3n) is 1.71. The lowest BCUT2D eigenvalue weighted by Crippen LogP contribution is -2.38. The average molecular weight is 150 g/mol. The maximum absolute atomic E-state index is 8.82. The van der Waals surface area contributed by atoms with Crippen molar-refractivity contribution in [3.63, 3.8) is 0 Å². The van der Waals surface area contributed by atoms with Crippen LogP contribution in [0.1, 0.15) is 0 Å². The van der Waals surface area contributed by atoms with E-state index in [2.05, 4.69) is 0 Å². The summed E-state index contributed by atoms with van der Waals surface area (Å²) < 4.78 is 0. The molecule has 3 heteroatoms. The molecule has 0 amide bonds. The molecule has 1 rings (SSSR count). The summed E-state index contributed by atoms with van der Waals surface area (Å²) in [7, 11) is 0. The summed E-state index contributed by atoms with van der Waals surface area (Å²) in [6.45, 7) is -0.128. The highest BCUT2D eigenvalue weighted by Gasteiger charge is 2.12. The van der Waals surface area contributed by atoms with Crippen molar-refractivity contribution in [1.82, 2.24) is 0 Å². The molecule has 0 aliphatic rings.